The maximum Gasteiger partial charge on any atom is 0.310 e. The highest BCUT2D eigenvalue weighted by molar-refractivity contribution is 5.74. The molecule has 0 saturated carbocycles. The van der Waals surface area contributed by atoms with Gasteiger partial charge in [0.15, 0.2) is 5.82 Å². The summed E-state index contributed by atoms with van der Waals surface area (Å²) in [7, 11) is 1.83. The van der Waals surface area contributed by atoms with Crippen LogP contribution < -0.4 is 0 Å². The normalized spacial score (nSPS) is 14.9. The summed E-state index contributed by atoms with van der Waals surface area (Å²) < 4.78 is 1.71. The first-order valence-corrected chi connectivity index (χ1v) is 6.79. The van der Waals surface area contributed by atoms with E-state index in [0.717, 1.165) is 18.1 Å². The molecular formula is C14H25N3O2. The molecule has 0 aromatic carbocycles. The lowest BCUT2D eigenvalue weighted by Crippen LogP contribution is -2.36. The zero-order valence-corrected chi connectivity index (χ0v) is 12.8. The lowest BCUT2D eigenvalue weighted by Gasteiger charge is -2.28. The molecule has 1 rings (SSSR count). The van der Waals surface area contributed by atoms with Crippen LogP contribution in [0.15, 0.2) is 0 Å². The predicted molar refractivity (Wildman–Crippen MR) is 73.8 cm³/mol. The number of aromatic nitrogens is 3. The average Bonchev–Trinajstić information content (AvgIpc) is 2.57. The molecule has 1 aromatic heterocycles. The molecule has 1 atom stereocenters. The lowest BCUT2D eigenvalue weighted by atomic mass is 9.76. The summed E-state index contributed by atoms with van der Waals surface area (Å²) in [5.41, 5.74) is -0.810. The van der Waals surface area contributed by atoms with Crippen molar-refractivity contribution >= 4 is 5.97 Å². The quantitative estimate of drug-likeness (QED) is 0.858. The molecule has 0 spiro atoms. The van der Waals surface area contributed by atoms with Crippen molar-refractivity contribution in [3.63, 3.8) is 0 Å². The van der Waals surface area contributed by atoms with E-state index in [1.807, 2.05) is 20.9 Å². The van der Waals surface area contributed by atoms with E-state index in [-0.39, 0.29) is 5.92 Å². The molecule has 1 N–H and O–H groups in total. The Morgan fingerprint density at radius 2 is 1.95 bits per heavy atom. The third kappa shape index (κ3) is 3.55. The standard InChI is InChI=1S/C14H25N3O2/c1-9(2)7-11-15-12(17(6)16-11)8-14(5,10(3)4)13(18)19/h9-10H,7-8H2,1-6H3,(H,18,19). The van der Waals surface area contributed by atoms with Crippen LogP contribution in [0.1, 0.15) is 46.3 Å². The number of aryl methyl sites for hydroxylation is 1. The van der Waals surface area contributed by atoms with Crippen LogP contribution in [0.25, 0.3) is 0 Å². The van der Waals surface area contributed by atoms with Gasteiger partial charge >= 0.3 is 5.97 Å². The Balaban J connectivity index is 2.98. The third-order valence-corrected chi connectivity index (χ3v) is 3.78. The van der Waals surface area contributed by atoms with Crippen molar-refractivity contribution in [1.29, 1.82) is 0 Å². The molecule has 0 aliphatic heterocycles. The predicted octanol–water partition coefficient (Wildman–Crippen LogP) is 2.30. The fraction of sp³-hybridized carbons (Fsp3) is 0.786. The zero-order valence-electron chi connectivity index (χ0n) is 12.8. The first kappa shape index (κ1) is 15.7. The molecule has 0 aliphatic rings. The molecule has 0 fully saturated rings. The molecule has 0 bridgehead atoms. The number of rotatable bonds is 6. The first-order valence-electron chi connectivity index (χ1n) is 6.79. The molecule has 1 aromatic rings. The number of hydrogen-bond acceptors (Lipinski definition) is 3. The van der Waals surface area contributed by atoms with Gasteiger partial charge in [-0.05, 0) is 18.8 Å². The minimum Gasteiger partial charge on any atom is -0.481 e. The van der Waals surface area contributed by atoms with E-state index in [9.17, 15) is 9.90 Å². The van der Waals surface area contributed by atoms with Gasteiger partial charge in [-0.15, -0.1) is 0 Å². The summed E-state index contributed by atoms with van der Waals surface area (Å²) in [5, 5.41) is 13.8. The number of carbonyl (C=O) groups is 1. The Labute approximate surface area is 115 Å². The van der Waals surface area contributed by atoms with Gasteiger partial charge in [0.05, 0.1) is 5.41 Å². The molecule has 1 unspecified atom stereocenters. The van der Waals surface area contributed by atoms with Gasteiger partial charge in [-0.3, -0.25) is 9.48 Å². The van der Waals surface area contributed by atoms with Crippen LogP contribution in [-0.2, 0) is 24.7 Å². The molecule has 5 heteroatoms. The van der Waals surface area contributed by atoms with E-state index >= 15 is 0 Å². The van der Waals surface area contributed by atoms with E-state index in [1.165, 1.54) is 0 Å². The minimum atomic E-state index is -0.810. The topological polar surface area (TPSA) is 68.0 Å². The number of aliphatic carboxylic acids is 1. The molecule has 5 nitrogen and oxygen atoms in total. The SMILES string of the molecule is CC(C)Cc1nc(CC(C)(C(=O)O)C(C)C)n(C)n1. The van der Waals surface area contributed by atoms with Crippen LogP contribution in [0.4, 0.5) is 0 Å². The Morgan fingerprint density at radius 1 is 1.37 bits per heavy atom. The minimum absolute atomic E-state index is 0.0373. The van der Waals surface area contributed by atoms with Crippen LogP contribution in [0.2, 0.25) is 0 Å². The Bertz CT molecular complexity index is 452. The summed E-state index contributed by atoms with van der Waals surface area (Å²) in [4.78, 5) is 16.0. The van der Waals surface area contributed by atoms with Crippen molar-refractivity contribution in [3.05, 3.63) is 11.6 Å². The van der Waals surface area contributed by atoms with E-state index in [0.29, 0.717) is 12.3 Å². The number of carboxylic acid groups (broad SMARTS) is 1. The van der Waals surface area contributed by atoms with E-state index in [1.54, 1.807) is 11.6 Å². The number of carboxylic acids is 1. The molecule has 0 aliphatic carbocycles. The van der Waals surface area contributed by atoms with Crippen LogP contribution >= 0.6 is 0 Å². The van der Waals surface area contributed by atoms with Gasteiger partial charge in [-0.25, -0.2) is 4.98 Å². The largest absolute Gasteiger partial charge is 0.481 e. The van der Waals surface area contributed by atoms with Gasteiger partial charge < -0.3 is 5.11 Å². The average molecular weight is 267 g/mol. The van der Waals surface area contributed by atoms with Gasteiger partial charge in [0.2, 0.25) is 0 Å². The Kier molecular flexibility index (Phi) is 4.71. The summed E-state index contributed by atoms with van der Waals surface area (Å²) in [6.45, 7) is 9.87. The second-order valence-electron chi connectivity index (χ2n) is 6.22. The zero-order chi connectivity index (χ0) is 14.8. The van der Waals surface area contributed by atoms with E-state index < -0.39 is 11.4 Å². The van der Waals surface area contributed by atoms with Gasteiger partial charge in [0, 0.05) is 19.9 Å². The highest BCUT2D eigenvalue weighted by Crippen LogP contribution is 2.31. The van der Waals surface area contributed by atoms with Crippen LogP contribution in [-0.4, -0.2) is 25.8 Å². The molecule has 0 radical (unpaired) electrons. The van der Waals surface area contributed by atoms with Crippen molar-refractivity contribution in [2.45, 2.75) is 47.5 Å². The smallest absolute Gasteiger partial charge is 0.310 e. The summed E-state index contributed by atoms with van der Waals surface area (Å²) in [6, 6.07) is 0. The number of nitrogens with zero attached hydrogens (tertiary/aromatic N) is 3. The lowest BCUT2D eigenvalue weighted by molar-refractivity contribution is -0.150. The van der Waals surface area contributed by atoms with E-state index in [4.69, 9.17) is 0 Å². The molecule has 0 saturated heterocycles. The van der Waals surface area contributed by atoms with Crippen LogP contribution in [0.3, 0.4) is 0 Å². The molecule has 19 heavy (non-hydrogen) atoms. The molecule has 0 amide bonds. The molecular weight excluding hydrogens is 242 g/mol. The van der Waals surface area contributed by atoms with Crippen molar-refractivity contribution in [3.8, 4) is 0 Å². The fourth-order valence-corrected chi connectivity index (χ4v) is 1.94. The van der Waals surface area contributed by atoms with Crippen molar-refractivity contribution < 1.29 is 9.90 Å². The van der Waals surface area contributed by atoms with Crippen molar-refractivity contribution in [1.82, 2.24) is 14.8 Å². The first-order chi connectivity index (χ1) is 8.66. The summed E-state index contributed by atoms with van der Waals surface area (Å²) in [6.07, 6.45) is 1.22. The van der Waals surface area contributed by atoms with Gasteiger partial charge in [-0.1, -0.05) is 27.7 Å². The van der Waals surface area contributed by atoms with Gasteiger partial charge in [0.25, 0.3) is 0 Å². The van der Waals surface area contributed by atoms with Crippen molar-refractivity contribution in [2.24, 2.45) is 24.3 Å². The van der Waals surface area contributed by atoms with E-state index in [2.05, 4.69) is 23.9 Å². The van der Waals surface area contributed by atoms with Gasteiger partial charge in [0.1, 0.15) is 5.82 Å². The molecule has 108 valence electrons. The Hall–Kier alpha value is -1.39. The maximum atomic E-state index is 11.5. The maximum absolute atomic E-state index is 11.5. The van der Waals surface area contributed by atoms with Gasteiger partial charge in [-0.2, -0.15) is 5.10 Å². The van der Waals surface area contributed by atoms with Crippen LogP contribution in [0, 0.1) is 17.3 Å². The summed E-state index contributed by atoms with van der Waals surface area (Å²) >= 11 is 0. The Morgan fingerprint density at radius 3 is 2.37 bits per heavy atom. The van der Waals surface area contributed by atoms with Crippen molar-refractivity contribution in [2.75, 3.05) is 0 Å². The fourth-order valence-electron chi connectivity index (χ4n) is 1.94. The summed E-state index contributed by atoms with van der Waals surface area (Å²) in [5.74, 6) is 1.29. The number of hydrogen-bond donors (Lipinski definition) is 1. The second kappa shape index (κ2) is 5.72. The third-order valence-electron chi connectivity index (χ3n) is 3.78. The highest BCUT2D eigenvalue weighted by Gasteiger charge is 2.38. The second-order valence-corrected chi connectivity index (χ2v) is 6.22. The monoisotopic (exact) mass is 267 g/mol. The highest BCUT2D eigenvalue weighted by atomic mass is 16.4. The molecule has 1 heterocycles. The van der Waals surface area contributed by atoms with Crippen LogP contribution in [0.5, 0.6) is 0 Å².